The van der Waals surface area contributed by atoms with Crippen LogP contribution in [-0.2, 0) is 6.18 Å². The molecule has 2 rings (SSSR count). The monoisotopic (exact) mass is 282 g/mol. The third-order valence-electron chi connectivity index (χ3n) is 2.89. The van der Waals surface area contributed by atoms with Gasteiger partial charge < -0.3 is 0 Å². The van der Waals surface area contributed by atoms with E-state index in [9.17, 15) is 22.4 Å². The normalized spacial score (nSPS) is 11.4. The maximum atomic E-state index is 13.4. The Morgan fingerprint density at radius 1 is 1.05 bits per heavy atom. The molecule has 0 radical (unpaired) electrons. The van der Waals surface area contributed by atoms with E-state index in [0.29, 0.717) is 0 Å². The first-order valence-corrected chi connectivity index (χ1v) is 5.78. The minimum Gasteiger partial charge on any atom is -0.294 e. The summed E-state index contributed by atoms with van der Waals surface area (Å²) in [6.07, 6.45) is -4.51. The van der Waals surface area contributed by atoms with Gasteiger partial charge in [0.05, 0.1) is 11.1 Å². The largest absolute Gasteiger partial charge is 0.417 e. The number of hydrogen-bond acceptors (Lipinski definition) is 1. The lowest BCUT2D eigenvalue weighted by Crippen LogP contribution is -2.07. The van der Waals surface area contributed by atoms with E-state index in [1.54, 1.807) is 0 Å². The summed E-state index contributed by atoms with van der Waals surface area (Å²) in [4.78, 5) is 11.3. The summed E-state index contributed by atoms with van der Waals surface area (Å²) >= 11 is 0. The molecular weight excluding hydrogens is 272 g/mol. The first-order valence-electron chi connectivity index (χ1n) is 5.78. The van der Waals surface area contributed by atoms with E-state index in [0.717, 1.165) is 25.1 Å². The van der Waals surface area contributed by atoms with Gasteiger partial charge >= 0.3 is 6.18 Å². The van der Waals surface area contributed by atoms with E-state index >= 15 is 0 Å². The second-order valence-electron chi connectivity index (χ2n) is 4.29. The van der Waals surface area contributed by atoms with Gasteiger partial charge in [0.15, 0.2) is 5.78 Å². The Kier molecular flexibility index (Phi) is 3.61. The lowest BCUT2D eigenvalue weighted by Gasteiger charge is -2.13. The Bertz CT molecular complexity index is 659. The zero-order valence-electron chi connectivity index (χ0n) is 10.5. The molecule has 104 valence electrons. The van der Waals surface area contributed by atoms with Crippen LogP contribution in [0.2, 0.25) is 0 Å². The van der Waals surface area contributed by atoms with Crippen molar-refractivity contribution in [1.29, 1.82) is 0 Å². The van der Waals surface area contributed by atoms with Crippen LogP contribution in [0.25, 0.3) is 11.1 Å². The van der Waals surface area contributed by atoms with E-state index in [4.69, 9.17) is 0 Å². The fraction of sp³-hybridized carbons (Fsp3) is 0.133. The summed E-state index contributed by atoms with van der Waals surface area (Å²) in [7, 11) is 0. The molecule has 0 aliphatic rings. The molecule has 0 bridgehead atoms. The lowest BCUT2D eigenvalue weighted by molar-refractivity contribution is -0.137. The SMILES string of the molecule is CC(=O)c1cc(-c2ccccc2C(F)(F)F)ccc1F. The molecule has 2 aromatic rings. The smallest absolute Gasteiger partial charge is 0.294 e. The minimum atomic E-state index is -4.51. The number of hydrogen-bond donors (Lipinski definition) is 0. The third kappa shape index (κ3) is 2.71. The van der Waals surface area contributed by atoms with E-state index in [1.807, 2.05) is 0 Å². The van der Waals surface area contributed by atoms with E-state index < -0.39 is 23.3 Å². The van der Waals surface area contributed by atoms with Crippen LogP contribution in [0.4, 0.5) is 17.6 Å². The van der Waals surface area contributed by atoms with Gasteiger partial charge in [-0.05, 0) is 36.2 Å². The number of carbonyl (C=O) groups is 1. The maximum absolute atomic E-state index is 13.4. The predicted octanol–water partition coefficient (Wildman–Crippen LogP) is 4.71. The summed E-state index contributed by atoms with van der Waals surface area (Å²) in [5.41, 5.74) is -0.965. The molecule has 20 heavy (non-hydrogen) atoms. The Balaban J connectivity index is 2.64. The maximum Gasteiger partial charge on any atom is 0.417 e. The molecule has 0 aliphatic heterocycles. The molecule has 0 N–H and O–H groups in total. The van der Waals surface area contributed by atoms with Crippen molar-refractivity contribution in [2.75, 3.05) is 0 Å². The van der Waals surface area contributed by atoms with Crippen molar-refractivity contribution in [3.8, 4) is 11.1 Å². The van der Waals surface area contributed by atoms with Crippen molar-refractivity contribution < 1.29 is 22.4 Å². The molecule has 0 aromatic heterocycles. The highest BCUT2D eigenvalue weighted by molar-refractivity contribution is 5.95. The second-order valence-corrected chi connectivity index (χ2v) is 4.29. The van der Waals surface area contributed by atoms with Gasteiger partial charge in [0.2, 0.25) is 0 Å². The molecule has 5 heteroatoms. The molecule has 0 spiro atoms. The molecule has 0 aliphatic carbocycles. The summed E-state index contributed by atoms with van der Waals surface area (Å²) in [6.45, 7) is 1.16. The number of ketones is 1. The molecule has 0 atom stereocenters. The molecule has 0 fully saturated rings. The van der Waals surface area contributed by atoms with Gasteiger partial charge in [0.1, 0.15) is 5.82 Å². The van der Waals surface area contributed by atoms with Crippen LogP contribution in [0.5, 0.6) is 0 Å². The van der Waals surface area contributed by atoms with E-state index in [2.05, 4.69) is 0 Å². The van der Waals surface area contributed by atoms with E-state index in [1.165, 1.54) is 24.3 Å². The van der Waals surface area contributed by atoms with Crippen molar-refractivity contribution in [1.82, 2.24) is 0 Å². The first kappa shape index (κ1) is 14.2. The van der Waals surface area contributed by atoms with Gasteiger partial charge in [0.25, 0.3) is 0 Å². The van der Waals surface area contributed by atoms with Crippen molar-refractivity contribution in [3.63, 3.8) is 0 Å². The van der Waals surface area contributed by atoms with Gasteiger partial charge in [-0.15, -0.1) is 0 Å². The Hall–Kier alpha value is -2.17. The summed E-state index contributed by atoms with van der Waals surface area (Å²) in [5, 5.41) is 0. The number of rotatable bonds is 2. The van der Waals surface area contributed by atoms with Crippen molar-refractivity contribution in [2.45, 2.75) is 13.1 Å². The van der Waals surface area contributed by atoms with Crippen LogP contribution in [0, 0.1) is 5.82 Å². The molecule has 0 saturated carbocycles. The van der Waals surface area contributed by atoms with Crippen molar-refractivity contribution in [2.24, 2.45) is 0 Å². The quantitative estimate of drug-likeness (QED) is 0.575. The zero-order valence-corrected chi connectivity index (χ0v) is 10.5. The molecule has 0 unspecified atom stereocenters. The zero-order chi connectivity index (χ0) is 14.9. The topological polar surface area (TPSA) is 17.1 Å². The first-order chi connectivity index (χ1) is 9.30. The van der Waals surface area contributed by atoms with Gasteiger partial charge in [-0.2, -0.15) is 13.2 Å². The average Bonchev–Trinajstić information content (AvgIpc) is 2.38. The number of halogens is 4. The highest BCUT2D eigenvalue weighted by Gasteiger charge is 2.33. The Morgan fingerprint density at radius 2 is 1.70 bits per heavy atom. The van der Waals surface area contributed by atoms with E-state index in [-0.39, 0.29) is 16.7 Å². The number of Topliss-reactive ketones (excluding diaryl/α,β-unsaturated/α-hetero) is 1. The van der Waals surface area contributed by atoms with Gasteiger partial charge in [0, 0.05) is 0 Å². The summed E-state index contributed by atoms with van der Waals surface area (Å²) in [5.74, 6) is -1.28. The summed E-state index contributed by atoms with van der Waals surface area (Å²) < 4.78 is 52.2. The van der Waals surface area contributed by atoms with Crippen molar-refractivity contribution in [3.05, 3.63) is 59.4 Å². The number of alkyl halides is 3. The number of carbonyl (C=O) groups excluding carboxylic acids is 1. The molecule has 2 aromatic carbocycles. The molecule has 0 amide bonds. The standard InChI is InChI=1S/C15H10F4O/c1-9(20)12-8-10(6-7-14(12)16)11-4-2-3-5-13(11)15(17,18)19/h2-8H,1H3. The average molecular weight is 282 g/mol. The van der Waals surface area contributed by atoms with Crippen LogP contribution in [0.3, 0.4) is 0 Å². The van der Waals surface area contributed by atoms with Crippen LogP contribution >= 0.6 is 0 Å². The minimum absolute atomic E-state index is 0.0810. The Labute approximate surface area is 112 Å². The van der Waals surface area contributed by atoms with Crippen molar-refractivity contribution >= 4 is 5.78 Å². The predicted molar refractivity (Wildman–Crippen MR) is 66.8 cm³/mol. The molecule has 0 heterocycles. The Morgan fingerprint density at radius 3 is 2.30 bits per heavy atom. The highest BCUT2D eigenvalue weighted by atomic mass is 19.4. The molecule has 0 saturated heterocycles. The van der Waals surface area contributed by atoms with Gasteiger partial charge in [-0.25, -0.2) is 4.39 Å². The molecular formula is C15H10F4O. The van der Waals surface area contributed by atoms with Gasteiger partial charge in [-0.3, -0.25) is 4.79 Å². The van der Waals surface area contributed by atoms with Crippen LogP contribution in [-0.4, -0.2) is 5.78 Å². The third-order valence-corrected chi connectivity index (χ3v) is 2.89. The van der Waals surface area contributed by atoms with Gasteiger partial charge in [-0.1, -0.05) is 24.3 Å². The molecule has 1 nitrogen and oxygen atoms in total. The fourth-order valence-electron chi connectivity index (χ4n) is 1.94. The highest BCUT2D eigenvalue weighted by Crippen LogP contribution is 2.37. The lowest BCUT2D eigenvalue weighted by atomic mass is 9.97. The van der Waals surface area contributed by atoms with Crippen LogP contribution < -0.4 is 0 Å². The summed E-state index contributed by atoms with van der Waals surface area (Å²) in [6, 6.07) is 8.35. The van der Waals surface area contributed by atoms with Crippen LogP contribution in [0.1, 0.15) is 22.8 Å². The number of benzene rings is 2. The fourth-order valence-corrected chi connectivity index (χ4v) is 1.94. The van der Waals surface area contributed by atoms with Crippen LogP contribution in [0.15, 0.2) is 42.5 Å². The second kappa shape index (κ2) is 5.07.